The lowest BCUT2D eigenvalue weighted by Gasteiger charge is -2.12. The summed E-state index contributed by atoms with van der Waals surface area (Å²) in [4.78, 5) is 4.58. The third-order valence-electron chi connectivity index (χ3n) is 3.60. The van der Waals surface area contributed by atoms with Crippen LogP contribution in [-0.2, 0) is 18.3 Å². The summed E-state index contributed by atoms with van der Waals surface area (Å²) >= 11 is 1.64. The minimum atomic E-state index is 0.0618. The first-order chi connectivity index (χ1) is 9.52. The minimum Gasteiger partial charge on any atom is -0.375 e. The fraction of sp³-hybridized carbons (Fsp3) is 0.571. The van der Waals surface area contributed by atoms with Crippen molar-refractivity contribution in [2.75, 3.05) is 7.11 Å². The predicted molar refractivity (Wildman–Crippen MR) is 80.7 cm³/mol. The highest BCUT2D eigenvalue weighted by Gasteiger charge is 2.13. The van der Waals surface area contributed by atoms with Crippen LogP contribution in [0, 0.1) is 6.92 Å². The Hall–Kier alpha value is -1.24. The molecule has 20 heavy (non-hydrogen) atoms. The van der Waals surface area contributed by atoms with E-state index in [2.05, 4.69) is 34.6 Å². The number of nitrogens with one attached hydrogen (secondary N) is 1. The Morgan fingerprint density at radius 2 is 2.20 bits per heavy atom. The van der Waals surface area contributed by atoms with Gasteiger partial charge in [-0.25, -0.2) is 4.98 Å². The number of nitrogens with zero attached hydrogens (tertiary/aromatic N) is 3. The summed E-state index contributed by atoms with van der Waals surface area (Å²) < 4.78 is 7.18. The molecule has 0 radical (unpaired) electrons. The maximum atomic E-state index is 5.28. The fourth-order valence-electron chi connectivity index (χ4n) is 2.00. The van der Waals surface area contributed by atoms with Gasteiger partial charge in [-0.3, -0.25) is 4.68 Å². The number of ether oxygens (including phenoxy) is 1. The van der Waals surface area contributed by atoms with E-state index in [1.165, 1.54) is 11.3 Å². The van der Waals surface area contributed by atoms with Gasteiger partial charge in [0.05, 0.1) is 11.9 Å². The number of hydrogen-bond donors (Lipinski definition) is 1. The van der Waals surface area contributed by atoms with Crippen molar-refractivity contribution < 1.29 is 4.74 Å². The molecule has 0 saturated carbocycles. The van der Waals surface area contributed by atoms with Crippen LogP contribution in [0.3, 0.4) is 0 Å². The van der Waals surface area contributed by atoms with Gasteiger partial charge in [-0.05, 0) is 20.8 Å². The van der Waals surface area contributed by atoms with Crippen LogP contribution in [0.5, 0.6) is 0 Å². The zero-order valence-electron chi connectivity index (χ0n) is 12.7. The van der Waals surface area contributed by atoms with Crippen molar-refractivity contribution in [1.82, 2.24) is 20.1 Å². The molecule has 5 nitrogen and oxygen atoms in total. The van der Waals surface area contributed by atoms with Crippen molar-refractivity contribution in [2.24, 2.45) is 7.05 Å². The second-order valence-corrected chi connectivity index (χ2v) is 5.86. The number of methoxy groups -OCH3 is 1. The SMILES string of the molecule is CO[C@H](C)c1nc(CN[C@H](C)c2cnn(C)c2C)cs1. The van der Waals surface area contributed by atoms with E-state index in [0.29, 0.717) is 0 Å². The molecule has 2 rings (SSSR count). The molecular formula is C14H22N4OS. The molecule has 2 aromatic heterocycles. The van der Waals surface area contributed by atoms with E-state index in [0.717, 1.165) is 17.2 Å². The van der Waals surface area contributed by atoms with E-state index in [4.69, 9.17) is 4.74 Å². The van der Waals surface area contributed by atoms with Gasteiger partial charge >= 0.3 is 0 Å². The van der Waals surface area contributed by atoms with E-state index in [-0.39, 0.29) is 12.1 Å². The lowest BCUT2D eigenvalue weighted by Crippen LogP contribution is -2.19. The largest absolute Gasteiger partial charge is 0.375 e. The molecule has 0 aliphatic rings. The third kappa shape index (κ3) is 3.26. The van der Waals surface area contributed by atoms with Crippen LogP contribution in [0.25, 0.3) is 0 Å². The van der Waals surface area contributed by atoms with Gasteiger partial charge in [0.2, 0.25) is 0 Å². The van der Waals surface area contributed by atoms with Crippen molar-refractivity contribution in [1.29, 1.82) is 0 Å². The summed E-state index contributed by atoms with van der Waals surface area (Å²) in [7, 11) is 3.67. The third-order valence-corrected chi connectivity index (χ3v) is 4.65. The van der Waals surface area contributed by atoms with Gasteiger partial charge in [0, 0.05) is 43.4 Å². The molecule has 0 fully saturated rings. The van der Waals surface area contributed by atoms with Crippen molar-refractivity contribution in [3.8, 4) is 0 Å². The number of rotatable bonds is 6. The van der Waals surface area contributed by atoms with Crippen LogP contribution in [-0.4, -0.2) is 21.9 Å². The van der Waals surface area contributed by atoms with E-state index in [9.17, 15) is 0 Å². The summed E-state index contributed by atoms with van der Waals surface area (Å²) in [6.45, 7) is 7.00. The van der Waals surface area contributed by atoms with E-state index in [1.54, 1.807) is 18.4 Å². The molecule has 0 aromatic carbocycles. The number of hydrogen-bond acceptors (Lipinski definition) is 5. The van der Waals surface area contributed by atoms with E-state index >= 15 is 0 Å². The summed E-state index contributed by atoms with van der Waals surface area (Å²) in [5.41, 5.74) is 3.48. The first-order valence-electron chi connectivity index (χ1n) is 6.72. The molecule has 0 saturated heterocycles. The average molecular weight is 294 g/mol. The van der Waals surface area contributed by atoms with Gasteiger partial charge in [0.25, 0.3) is 0 Å². The molecule has 2 atom stereocenters. The lowest BCUT2D eigenvalue weighted by molar-refractivity contribution is 0.119. The Labute approximate surface area is 124 Å². The van der Waals surface area contributed by atoms with Crippen molar-refractivity contribution in [3.05, 3.63) is 33.5 Å². The molecule has 0 unspecified atom stereocenters. The van der Waals surface area contributed by atoms with Crippen LogP contribution in [0.2, 0.25) is 0 Å². The zero-order valence-corrected chi connectivity index (χ0v) is 13.5. The molecule has 2 aromatic rings. The van der Waals surface area contributed by atoms with Crippen molar-refractivity contribution in [3.63, 3.8) is 0 Å². The highest BCUT2D eigenvalue weighted by Crippen LogP contribution is 2.21. The summed E-state index contributed by atoms with van der Waals surface area (Å²) in [6, 6.07) is 0.258. The van der Waals surface area contributed by atoms with Crippen LogP contribution in [0.15, 0.2) is 11.6 Å². The van der Waals surface area contributed by atoms with Gasteiger partial charge in [-0.15, -0.1) is 11.3 Å². The van der Waals surface area contributed by atoms with Crippen LogP contribution in [0.4, 0.5) is 0 Å². The van der Waals surface area contributed by atoms with Crippen molar-refractivity contribution in [2.45, 2.75) is 39.5 Å². The van der Waals surface area contributed by atoms with Gasteiger partial charge < -0.3 is 10.1 Å². The topological polar surface area (TPSA) is 52.0 Å². The molecule has 110 valence electrons. The maximum Gasteiger partial charge on any atom is 0.122 e. The molecule has 0 spiro atoms. The quantitative estimate of drug-likeness (QED) is 0.890. The van der Waals surface area contributed by atoms with Crippen LogP contribution < -0.4 is 5.32 Å². The Morgan fingerprint density at radius 1 is 1.45 bits per heavy atom. The monoisotopic (exact) mass is 294 g/mol. The van der Waals surface area contributed by atoms with E-state index in [1.807, 2.05) is 24.9 Å². The van der Waals surface area contributed by atoms with Crippen LogP contribution >= 0.6 is 11.3 Å². The normalized spacial score (nSPS) is 14.4. The van der Waals surface area contributed by atoms with Gasteiger partial charge in [-0.2, -0.15) is 5.10 Å². The first kappa shape index (κ1) is 15.2. The number of aryl methyl sites for hydroxylation is 1. The van der Waals surface area contributed by atoms with Gasteiger partial charge in [0.15, 0.2) is 0 Å². The summed E-state index contributed by atoms with van der Waals surface area (Å²) in [6.07, 6.45) is 1.98. The van der Waals surface area contributed by atoms with Crippen LogP contribution in [0.1, 0.15) is 48.0 Å². The fourth-order valence-corrected chi connectivity index (χ4v) is 2.85. The smallest absolute Gasteiger partial charge is 0.122 e. The Kier molecular flexibility index (Phi) is 4.91. The maximum absolute atomic E-state index is 5.28. The first-order valence-corrected chi connectivity index (χ1v) is 7.59. The zero-order chi connectivity index (χ0) is 14.7. The molecule has 0 bridgehead atoms. The average Bonchev–Trinajstić information content (AvgIpc) is 3.04. The Morgan fingerprint density at radius 3 is 2.80 bits per heavy atom. The summed E-state index contributed by atoms with van der Waals surface area (Å²) in [5.74, 6) is 0. The Bertz CT molecular complexity index is 563. The standard InChI is InChI=1S/C14H22N4OS/c1-9(13-7-16-18(4)10(13)2)15-6-12-8-20-14(17-12)11(3)19-5/h7-9,11,15H,6H2,1-5H3/t9-,11-/m1/s1. The molecule has 1 N–H and O–H groups in total. The lowest BCUT2D eigenvalue weighted by atomic mass is 10.1. The van der Waals surface area contributed by atoms with E-state index < -0.39 is 0 Å². The van der Waals surface area contributed by atoms with Crippen molar-refractivity contribution >= 4 is 11.3 Å². The molecule has 0 aliphatic carbocycles. The molecule has 2 heterocycles. The van der Waals surface area contributed by atoms with Gasteiger partial charge in [-0.1, -0.05) is 0 Å². The molecule has 0 amide bonds. The highest BCUT2D eigenvalue weighted by atomic mass is 32.1. The number of thiazole rings is 1. The highest BCUT2D eigenvalue weighted by molar-refractivity contribution is 7.09. The Balaban J connectivity index is 1.95. The number of aromatic nitrogens is 3. The minimum absolute atomic E-state index is 0.0618. The second kappa shape index (κ2) is 6.47. The predicted octanol–water partition coefficient (Wildman–Crippen LogP) is 2.74. The molecule has 6 heteroatoms. The summed E-state index contributed by atoms with van der Waals surface area (Å²) in [5, 5.41) is 10.9. The van der Waals surface area contributed by atoms with Gasteiger partial charge in [0.1, 0.15) is 11.1 Å². The molecular weight excluding hydrogens is 272 g/mol. The molecule has 0 aliphatic heterocycles. The second-order valence-electron chi connectivity index (χ2n) is 4.97.